The van der Waals surface area contributed by atoms with E-state index >= 15 is 0 Å². The van der Waals surface area contributed by atoms with Crippen LogP contribution in [0.15, 0.2) is 72.8 Å². The predicted octanol–water partition coefficient (Wildman–Crippen LogP) is 4.89. The van der Waals surface area contributed by atoms with Crippen molar-refractivity contribution in [3.63, 3.8) is 0 Å². The van der Waals surface area contributed by atoms with Gasteiger partial charge < -0.3 is 9.64 Å². The third-order valence-corrected chi connectivity index (χ3v) is 7.68. The molecule has 3 aromatic rings. The molecule has 12 heteroatoms. The smallest absolute Gasteiger partial charge is 0.328 e. The van der Waals surface area contributed by atoms with Crippen LogP contribution in [-0.4, -0.2) is 57.1 Å². The summed E-state index contributed by atoms with van der Waals surface area (Å²) in [6, 6.07) is 15.4. The molecule has 0 radical (unpaired) electrons. The maximum absolute atomic E-state index is 14.3. The molecule has 3 aromatic carbocycles. The molecule has 0 bridgehead atoms. The van der Waals surface area contributed by atoms with Crippen molar-refractivity contribution in [1.29, 1.82) is 0 Å². The Morgan fingerprint density at radius 3 is 2.15 bits per heavy atom. The summed E-state index contributed by atoms with van der Waals surface area (Å²) < 4.78 is 5.16. The lowest BCUT2D eigenvalue weighted by Gasteiger charge is -2.29. The number of nitrogens with zero attached hydrogens (tertiary/aromatic N) is 4. The molecule has 0 aromatic heterocycles. The number of nitro benzene ring substituents is 2. The maximum Gasteiger partial charge on any atom is 0.328 e. The Labute approximate surface area is 234 Å². The lowest BCUT2D eigenvalue weighted by Crippen LogP contribution is -2.38. The van der Waals surface area contributed by atoms with Crippen LogP contribution in [0.5, 0.6) is 5.75 Å². The van der Waals surface area contributed by atoms with Crippen molar-refractivity contribution >= 4 is 29.1 Å². The lowest BCUT2D eigenvalue weighted by atomic mass is 9.75. The summed E-state index contributed by atoms with van der Waals surface area (Å²) >= 11 is 0. The minimum Gasteiger partial charge on any atom is -0.490 e. The molecule has 2 aliphatic rings. The third kappa shape index (κ3) is 4.56. The number of urea groups is 1. The van der Waals surface area contributed by atoms with Crippen LogP contribution in [0, 0.1) is 26.1 Å². The molecule has 2 aliphatic heterocycles. The number of benzene rings is 3. The first kappa shape index (κ1) is 27.4. The normalized spacial score (nSPS) is 21.6. The lowest BCUT2D eigenvalue weighted by molar-refractivity contribution is -0.385. The quantitative estimate of drug-likeness (QED) is 0.156. The van der Waals surface area contributed by atoms with Crippen LogP contribution in [0.1, 0.15) is 46.8 Å². The summed E-state index contributed by atoms with van der Waals surface area (Å²) in [7, 11) is 1.30. The van der Waals surface area contributed by atoms with Crippen molar-refractivity contribution in [3.05, 3.63) is 110 Å². The zero-order valence-electron chi connectivity index (χ0n) is 22.2. The van der Waals surface area contributed by atoms with Gasteiger partial charge in [-0.1, -0.05) is 55.5 Å². The van der Waals surface area contributed by atoms with Gasteiger partial charge in [-0.05, 0) is 23.6 Å². The highest BCUT2D eigenvalue weighted by Crippen LogP contribution is 2.54. The summed E-state index contributed by atoms with van der Waals surface area (Å²) in [5.41, 5.74) is 0.572. The molecule has 4 atom stereocenters. The summed E-state index contributed by atoms with van der Waals surface area (Å²) in [6.45, 7) is 1.98. The van der Waals surface area contributed by atoms with Gasteiger partial charge in [-0.3, -0.25) is 34.7 Å². The zero-order chi connectivity index (χ0) is 29.4. The van der Waals surface area contributed by atoms with E-state index in [4.69, 9.17) is 4.74 Å². The van der Waals surface area contributed by atoms with Crippen molar-refractivity contribution in [2.45, 2.75) is 31.3 Å². The van der Waals surface area contributed by atoms with E-state index in [2.05, 4.69) is 0 Å². The van der Waals surface area contributed by atoms with E-state index in [0.29, 0.717) is 23.1 Å². The average molecular weight is 559 g/mol. The Morgan fingerprint density at radius 2 is 1.56 bits per heavy atom. The Bertz CT molecular complexity index is 1540. The van der Waals surface area contributed by atoms with Gasteiger partial charge in [0.1, 0.15) is 6.04 Å². The van der Waals surface area contributed by atoms with Gasteiger partial charge in [0.25, 0.3) is 11.6 Å². The van der Waals surface area contributed by atoms with Crippen LogP contribution >= 0.6 is 0 Å². The fraction of sp³-hybridized carbons (Fsp3) is 0.276. The molecule has 0 N–H and O–H groups in total. The molecule has 5 rings (SSSR count). The predicted molar refractivity (Wildman–Crippen MR) is 146 cm³/mol. The van der Waals surface area contributed by atoms with E-state index in [1.54, 1.807) is 36.4 Å². The second kappa shape index (κ2) is 10.8. The fourth-order valence-corrected chi connectivity index (χ4v) is 5.96. The minimum absolute atomic E-state index is 0.00239. The number of hydrogen-bond acceptors (Lipinski definition) is 8. The van der Waals surface area contributed by atoms with Crippen molar-refractivity contribution in [1.82, 2.24) is 9.80 Å². The molecule has 2 fully saturated rings. The molecule has 41 heavy (non-hydrogen) atoms. The molecular weight excluding hydrogens is 532 g/mol. The van der Waals surface area contributed by atoms with Crippen LogP contribution in [0.2, 0.25) is 0 Å². The highest BCUT2D eigenvalue weighted by molar-refractivity contribution is 6.08. The summed E-state index contributed by atoms with van der Waals surface area (Å²) in [4.78, 5) is 66.4. The monoisotopic (exact) mass is 558 g/mol. The van der Waals surface area contributed by atoms with E-state index < -0.39 is 45.7 Å². The summed E-state index contributed by atoms with van der Waals surface area (Å²) in [5, 5.41) is 23.2. The summed E-state index contributed by atoms with van der Waals surface area (Å²) in [5.74, 6) is -2.77. The Kier molecular flexibility index (Phi) is 7.22. The average Bonchev–Trinajstić information content (AvgIpc) is 3.45. The first-order valence-electron chi connectivity index (χ1n) is 13.0. The summed E-state index contributed by atoms with van der Waals surface area (Å²) in [6.07, 6.45) is 0.505. The van der Waals surface area contributed by atoms with Crippen LogP contribution < -0.4 is 4.74 Å². The fourth-order valence-electron chi connectivity index (χ4n) is 5.96. The first-order valence-corrected chi connectivity index (χ1v) is 13.0. The van der Waals surface area contributed by atoms with Crippen molar-refractivity contribution < 1.29 is 29.0 Å². The molecule has 2 heterocycles. The van der Waals surface area contributed by atoms with E-state index in [9.17, 15) is 34.6 Å². The molecule has 3 amide bonds. The standard InChI is InChI=1S/C29H26N4O8/c1-3-15-30-28(35)26-23(17-9-12-20(13-10-17)32(37)38)24(27(34)18-7-5-4-6-8-18)25(31(26)29(30)36)19-11-14-22(41-2)21(16-19)33(39)40/h4-14,16,23-26H,3,15H2,1-2H3. The van der Waals surface area contributed by atoms with E-state index in [1.165, 1.54) is 48.4 Å². The number of rotatable bonds is 9. The first-order chi connectivity index (χ1) is 19.7. The molecule has 210 valence electrons. The zero-order valence-corrected chi connectivity index (χ0v) is 22.2. The van der Waals surface area contributed by atoms with E-state index in [0.717, 1.165) is 4.90 Å². The van der Waals surface area contributed by atoms with E-state index in [-0.39, 0.29) is 29.5 Å². The molecule has 0 spiro atoms. The third-order valence-electron chi connectivity index (χ3n) is 7.68. The second-order valence-corrected chi connectivity index (χ2v) is 9.89. The number of methoxy groups -OCH3 is 1. The number of Topliss-reactive ketones (excluding diaryl/α,β-unsaturated/α-hetero) is 1. The number of carbonyl (C=O) groups is 3. The van der Waals surface area contributed by atoms with Crippen LogP contribution in [0.3, 0.4) is 0 Å². The van der Waals surface area contributed by atoms with Crippen molar-refractivity contribution in [3.8, 4) is 5.75 Å². The van der Waals surface area contributed by atoms with Gasteiger partial charge in [0.2, 0.25) is 0 Å². The van der Waals surface area contributed by atoms with Gasteiger partial charge >= 0.3 is 11.7 Å². The Balaban J connectivity index is 1.75. The number of hydrogen-bond donors (Lipinski definition) is 0. The number of ether oxygens (including phenoxy) is 1. The number of amides is 3. The van der Waals surface area contributed by atoms with Gasteiger partial charge in [0.15, 0.2) is 11.5 Å². The topological polar surface area (TPSA) is 153 Å². The Morgan fingerprint density at radius 1 is 0.902 bits per heavy atom. The molecular formula is C29H26N4O8. The van der Waals surface area contributed by atoms with Crippen molar-refractivity contribution in [2.24, 2.45) is 5.92 Å². The number of nitro groups is 2. The van der Waals surface area contributed by atoms with Gasteiger partial charge in [0, 0.05) is 36.2 Å². The maximum atomic E-state index is 14.3. The highest BCUT2D eigenvalue weighted by Gasteiger charge is 2.63. The van der Waals surface area contributed by atoms with Crippen LogP contribution in [-0.2, 0) is 4.79 Å². The molecule has 2 saturated heterocycles. The minimum atomic E-state index is -1.10. The van der Waals surface area contributed by atoms with Gasteiger partial charge in [0.05, 0.1) is 28.9 Å². The molecule has 0 saturated carbocycles. The van der Waals surface area contributed by atoms with E-state index in [1.807, 2.05) is 6.92 Å². The molecule has 12 nitrogen and oxygen atoms in total. The number of imide groups is 1. The van der Waals surface area contributed by atoms with Crippen molar-refractivity contribution in [2.75, 3.05) is 13.7 Å². The number of ketones is 1. The second-order valence-electron chi connectivity index (χ2n) is 9.89. The highest BCUT2D eigenvalue weighted by atomic mass is 16.6. The van der Waals surface area contributed by atoms with Crippen LogP contribution in [0.4, 0.5) is 16.2 Å². The van der Waals surface area contributed by atoms with Gasteiger partial charge in [-0.25, -0.2) is 4.79 Å². The largest absolute Gasteiger partial charge is 0.490 e. The molecule has 0 aliphatic carbocycles. The number of carbonyl (C=O) groups excluding carboxylic acids is 3. The van der Waals surface area contributed by atoms with Gasteiger partial charge in [-0.2, -0.15) is 0 Å². The number of non-ortho nitro benzene ring substituents is 1. The Hall–Kier alpha value is -5.13. The van der Waals surface area contributed by atoms with Gasteiger partial charge in [-0.15, -0.1) is 0 Å². The number of fused-ring (bicyclic) bond motifs is 1. The molecule has 4 unspecified atom stereocenters. The van der Waals surface area contributed by atoms with Crippen LogP contribution in [0.25, 0.3) is 0 Å². The SMILES string of the molecule is CCCN1C(=O)C2C(c3ccc([N+](=O)[O-])cc3)C(C(=O)c3ccccc3)C(c3ccc(OC)c([N+](=O)[O-])c3)N2C1=O.